The lowest BCUT2D eigenvalue weighted by atomic mass is 10.1. The van der Waals surface area contributed by atoms with Gasteiger partial charge in [0.2, 0.25) is 0 Å². The molecule has 66 valence electrons. The quantitative estimate of drug-likeness (QED) is 0.685. The van der Waals surface area contributed by atoms with Crippen molar-refractivity contribution in [2.24, 2.45) is 0 Å². The van der Waals surface area contributed by atoms with Crippen molar-refractivity contribution in [1.29, 1.82) is 0 Å². The van der Waals surface area contributed by atoms with Crippen molar-refractivity contribution in [3.8, 4) is 0 Å². The molecule has 0 atom stereocenters. The molecule has 13 heavy (non-hydrogen) atoms. The van der Waals surface area contributed by atoms with Crippen LogP contribution in [-0.4, -0.2) is 0 Å². The molecule has 0 N–H and O–H groups in total. The zero-order valence-corrected chi connectivity index (χ0v) is 7.03. The van der Waals surface area contributed by atoms with E-state index in [0.717, 1.165) is 5.56 Å². The van der Waals surface area contributed by atoms with Gasteiger partial charge in [0.25, 0.3) is 0 Å². The molecule has 1 heterocycles. The average molecular weight is 176 g/mol. The summed E-state index contributed by atoms with van der Waals surface area (Å²) >= 11 is 0. The molecular weight excluding hydrogens is 167 g/mol. The molecule has 0 fully saturated rings. The minimum absolute atomic E-state index is 0.163. The monoisotopic (exact) mass is 176 g/mol. The van der Waals surface area contributed by atoms with Crippen LogP contribution in [0.1, 0.15) is 11.1 Å². The van der Waals surface area contributed by atoms with E-state index in [1.807, 2.05) is 12.1 Å². The highest BCUT2D eigenvalue weighted by Crippen LogP contribution is 2.12. The summed E-state index contributed by atoms with van der Waals surface area (Å²) in [5.41, 5.74) is 1.69. The second-order valence-corrected chi connectivity index (χ2v) is 2.90. The first-order valence-electron chi connectivity index (χ1n) is 4.11. The Bertz CT molecular complexity index is 379. The van der Waals surface area contributed by atoms with Crippen molar-refractivity contribution in [1.82, 2.24) is 0 Å². The molecule has 0 aliphatic carbocycles. The van der Waals surface area contributed by atoms with Crippen LogP contribution in [0.25, 0.3) is 0 Å². The van der Waals surface area contributed by atoms with Crippen molar-refractivity contribution < 1.29 is 8.81 Å². The molecular formula is C11H9FO. The number of hydrogen-bond donors (Lipinski definition) is 0. The van der Waals surface area contributed by atoms with Gasteiger partial charge in [0.15, 0.2) is 0 Å². The van der Waals surface area contributed by atoms with E-state index in [1.165, 1.54) is 6.07 Å². The predicted molar refractivity (Wildman–Crippen MR) is 47.9 cm³/mol. The Kier molecular flexibility index (Phi) is 2.13. The van der Waals surface area contributed by atoms with E-state index in [1.54, 1.807) is 24.7 Å². The highest BCUT2D eigenvalue weighted by Gasteiger charge is 2.02. The highest BCUT2D eigenvalue weighted by molar-refractivity contribution is 5.24. The van der Waals surface area contributed by atoms with Crippen LogP contribution >= 0.6 is 0 Å². The molecule has 2 heteroatoms. The molecule has 1 aromatic heterocycles. The standard InChI is InChI=1S/C11H9FO/c12-11-4-2-1-3-10(11)7-9-5-6-13-8-9/h1-6,8H,7H2. The molecule has 0 bridgehead atoms. The van der Waals surface area contributed by atoms with E-state index >= 15 is 0 Å². The Balaban J connectivity index is 2.24. The van der Waals surface area contributed by atoms with E-state index < -0.39 is 0 Å². The van der Waals surface area contributed by atoms with E-state index in [-0.39, 0.29) is 5.82 Å². The second-order valence-electron chi connectivity index (χ2n) is 2.90. The van der Waals surface area contributed by atoms with Crippen LogP contribution in [0.2, 0.25) is 0 Å². The summed E-state index contributed by atoms with van der Waals surface area (Å²) in [7, 11) is 0. The summed E-state index contributed by atoms with van der Waals surface area (Å²) in [4.78, 5) is 0. The average Bonchev–Trinajstić information content (AvgIpc) is 2.61. The molecule has 0 aliphatic heterocycles. The van der Waals surface area contributed by atoms with Crippen LogP contribution in [0.3, 0.4) is 0 Å². The van der Waals surface area contributed by atoms with Gasteiger partial charge in [-0.2, -0.15) is 0 Å². The van der Waals surface area contributed by atoms with Gasteiger partial charge in [0, 0.05) is 6.42 Å². The van der Waals surface area contributed by atoms with Crippen LogP contribution in [-0.2, 0) is 6.42 Å². The van der Waals surface area contributed by atoms with E-state index in [9.17, 15) is 4.39 Å². The first kappa shape index (κ1) is 8.05. The van der Waals surface area contributed by atoms with Crippen molar-refractivity contribution in [2.45, 2.75) is 6.42 Å². The SMILES string of the molecule is Fc1ccccc1Cc1ccoc1. The second kappa shape index (κ2) is 3.44. The predicted octanol–water partition coefficient (Wildman–Crippen LogP) is 3.01. The van der Waals surface area contributed by atoms with Gasteiger partial charge in [-0.1, -0.05) is 18.2 Å². The summed E-state index contributed by atoms with van der Waals surface area (Å²) in [5.74, 6) is -0.163. The van der Waals surface area contributed by atoms with Crippen LogP contribution in [0.4, 0.5) is 4.39 Å². The van der Waals surface area contributed by atoms with E-state index in [4.69, 9.17) is 4.42 Å². The summed E-state index contributed by atoms with van der Waals surface area (Å²) in [6.45, 7) is 0. The molecule has 0 radical (unpaired) electrons. The number of furan rings is 1. The molecule has 0 saturated heterocycles. The number of benzene rings is 1. The topological polar surface area (TPSA) is 13.1 Å². The Hall–Kier alpha value is -1.57. The summed E-state index contributed by atoms with van der Waals surface area (Å²) in [6, 6.07) is 8.61. The summed E-state index contributed by atoms with van der Waals surface area (Å²) < 4.78 is 18.1. The number of rotatable bonds is 2. The van der Waals surface area contributed by atoms with Crippen LogP contribution in [0.5, 0.6) is 0 Å². The van der Waals surface area contributed by atoms with Crippen molar-refractivity contribution in [2.75, 3.05) is 0 Å². The Morgan fingerprint density at radius 1 is 1.15 bits per heavy atom. The first-order chi connectivity index (χ1) is 6.36. The van der Waals surface area contributed by atoms with Gasteiger partial charge in [0.1, 0.15) is 5.82 Å². The minimum atomic E-state index is -0.163. The van der Waals surface area contributed by atoms with Gasteiger partial charge >= 0.3 is 0 Å². The van der Waals surface area contributed by atoms with Gasteiger partial charge in [-0.3, -0.25) is 0 Å². The molecule has 1 aromatic carbocycles. The van der Waals surface area contributed by atoms with Crippen LogP contribution in [0.15, 0.2) is 47.3 Å². The van der Waals surface area contributed by atoms with Crippen molar-refractivity contribution in [3.05, 3.63) is 59.8 Å². The first-order valence-corrected chi connectivity index (χ1v) is 4.11. The maximum Gasteiger partial charge on any atom is 0.126 e. The lowest BCUT2D eigenvalue weighted by Gasteiger charge is -1.99. The van der Waals surface area contributed by atoms with Crippen LogP contribution in [0, 0.1) is 5.82 Å². The molecule has 2 aromatic rings. The molecule has 0 spiro atoms. The maximum atomic E-state index is 13.2. The third kappa shape index (κ3) is 1.78. The largest absolute Gasteiger partial charge is 0.472 e. The highest BCUT2D eigenvalue weighted by atomic mass is 19.1. The Morgan fingerprint density at radius 3 is 2.69 bits per heavy atom. The lowest BCUT2D eigenvalue weighted by Crippen LogP contribution is -1.89. The minimum Gasteiger partial charge on any atom is -0.472 e. The summed E-state index contributed by atoms with van der Waals surface area (Å²) in [5, 5.41) is 0. The fourth-order valence-electron chi connectivity index (χ4n) is 1.25. The Morgan fingerprint density at radius 2 is 2.00 bits per heavy atom. The zero-order chi connectivity index (χ0) is 9.10. The summed E-state index contributed by atoms with van der Waals surface area (Å²) in [6.07, 6.45) is 3.81. The lowest BCUT2D eigenvalue weighted by molar-refractivity contribution is 0.564. The molecule has 2 rings (SSSR count). The number of hydrogen-bond acceptors (Lipinski definition) is 1. The fraction of sp³-hybridized carbons (Fsp3) is 0.0909. The van der Waals surface area contributed by atoms with E-state index in [0.29, 0.717) is 12.0 Å². The molecule has 0 unspecified atom stereocenters. The van der Waals surface area contributed by atoms with Gasteiger partial charge in [-0.15, -0.1) is 0 Å². The van der Waals surface area contributed by atoms with Crippen molar-refractivity contribution >= 4 is 0 Å². The maximum absolute atomic E-state index is 13.2. The van der Waals surface area contributed by atoms with Gasteiger partial charge in [-0.25, -0.2) is 4.39 Å². The third-order valence-electron chi connectivity index (χ3n) is 1.93. The fourth-order valence-corrected chi connectivity index (χ4v) is 1.25. The molecule has 0 saturated carbocycles. The Labute approximate surface area is 75.8 Å². The van der Waals surface area contributed by atoms with Gasteiger partial charge in [-0.05, 0) is 23.3 Å². The smallest absolute Gasteiger partial charge is 0.126 e. The van der Waals surface area contributed by atoms with Crippen LogP contribution < -0.4 is 0 Å². The van der Waals surface area contributed by atoms with Crippen molar-refractivity contribution in [3.63, 3.8) is 0 Å². The third-order valence-corrected chi connectivity index (χ3v) is 1.93. The molecule has 0 aliphatic rings. The number of halogens is 1. The zero-order valence-electron chi connectivity index (χ0n) is 7.03. The molecule has 1 nitrogen and oxygen atoms in total. The normalized spacial score (nSPS) is 10.2. The van der Waals surface area contributed by atoms with Gasteiger partial charge in [0.05, 0.1) is 12.5 Å². The van der Waals surface area contributed by atoms with Gasteiger partial charge < -0.3 is 4.42 Å². The van der Waals surface area contributed by atoms with E-state index in [2.05, 4.69) is 0 Å². The molecule has 0 amide bonds.